The normalized spacial score (nSPS) is 18.4. The topological polar surface area (TPSA) is 80.7 Å². The highest BCUT2D eigenvalue weighted by Gasteiger charge is 2.36. The number of Topliss-reactive ketones (excluding diaryl/α,β-unsaturated/α-hetero) is 1. The summed E-state index contributed by atoms with van der Waals surface area (Å²) in [6.45, 7) is 1.49. The van der Waals surface area contributed by atoms with Crippen LogP contribution in [0.4, 0.5) is 0 Å². The molecule has 0 radical (unpaired) electrons. The van der Waals surface area contributed by atoms with Gasteiger partial charge in [0.05, 0.1) is 0 Å². The summed E-state index contributed by atoms with van der Waals surface area (Å²) in [7, 11) is 0. The molecule has 0 bridgehead atoms. The van der Waals surface area contributed by atoms with E-state index in [9.17, 15) is 14.4 Å². The second-order valence-corrected chi connectivity index (χ2v) is 4.64. The Balaban J connectivity index is 2.00. The Labute approximate surface area is 115 Å². The average Bonchev–Trinajstić information content (AvgIpc) is 2.37. The molecule has 1 N–H and O–H groups in total. The molecule has 0 aliphatic carbocycles. The van der Waals surface area contributed by atoms with E-state index in [-0.39, 0.29) is 17.9 Å². The lowest BCUT2D eigenvalue weighted by molar-refractivity contribution is -0.152. The maximum Gasteiger partial charge on any atom is 0.329 e. The van der Waals surface area contributed by atoms with Gasteiger partial charge in [-0.15, -0.1) is 0 Å². The number of aromatic hydroxyl groups is 1. The molecule has 0 aromatic heterocycles. The Bertz CT molecular complexity index is 583. The van der Waals surface area contributed by atoms with Crippen molar-refractivity contribution in [2.75, 3.05) is 0 Å². The predicted molar refractivity (Wildman–Crippen MR) is 69.8 cm³/mol. The molecule has 0 spiro atoms. The Hall–Kier alpha value is -2.43. The molecule has 20 heavy (non-hydrogen) atoms. The number of phenolic OH excluding ortho intramolecular Hbond substituents is 1. The molecule has 104 valence electrons. The van der Waals surface area contributed by atoms with Gasteiger partial charge in [0.25, 0.3) is 0 Å². The van der Waals surface area contributed by atoms with Crippen LogP contribution in [-0.4, -0.2) is 22.6 Å². The van der Waals surface area contributed by atoms with E-state index in [2.05, 4.69) is 0 Å². The summed E-state index contributed by atoms with van der Waals surface area (Å²) in [5.41, 5.74) is 0.847. The molecule has 1 aliphatic heterocycles. The highest BCUT2D eigenvalue weighted by atomic mass is 16.5. The van der Waals surface area contributed by atoms with Gasteiger partial charge in [0.2, 0.25) is 0 Å². The molecule has 1 unspecified atom stereocenters. The molecule has 1 atom stereocenters. The van der Waals surface area contributed by atoms with Gasteiger partial charge in [0, 0.05) is 12.5 Å². The first-order chi connectivity index (χ1) is 9.47. The van der Waals surface area contributed by atoms with Gasteiger partial charge in [-0.05, 0) is 31.0 Å². The quantitative estimate of drug-likeness (QED) is 0.665. The summed E-state index contributed by atoms with van der Waals surface area (Å²) in [5, 5.41) is 9.15. The third kappa shape index (κ3) is 3.12. The Morgan fingerprint density at radius 2 is 1.90 bits per heavy atom. The van der Waals surface area contributed by atoms with E-state index in [4.69, 9.17) is 9.84 Å². The number of carbonyl (C=O) groups excluding carboxylic acids is 3. The maximum atomic E-state index is 12.0. The smallest absolute Gasteiger partial charge is 0.329 e. The molecule has 5 nitrogen and oxygen atoms in total. The van der Waals surface area contributed by atoms with Crippen LogP contribution in [0.15, 0.2) is 36.1 Å². The predicted octanol–water partition coefficient (Wildman–Crippen LogP) is 1.54. The zero-order valence-electron chi connectivity index (χ0n) is 11.0. The van der Waals surface area contributed by atoms with Crippen molar-refractivity contribution >= 4 is 17.5 Å². The van der Waals surface area contributed by atoms with Gasteiger partial charge in [-0.25, -0.2) is 0 Å². The van der Waals surface area contributed by atoms with Crippen LogP contribution in [0.2, 0.25) is 0 Å². The van der Waals surface area contributed by atoms with E-state index in [0.717, 1.165) is 5.56 Å². The first kappa shape index (κ1) is 14.0. The molecule has 0 amide bonds. The van der Waals surface area contributed by atoms with E-state index in [1.807, 2.05) is 0 Å². The van der Waals surface area contributed by atoms with Crippen molar-refractivity contribution < 1.29 is 24.2 Å². The monoisotopic (exact) mass is 274 g/mol. The van der Waals surface area contributed by atoms with Crippen LogP contribution in [-0.2, 0) is 25.5 Å². The van der Waals surface area contributed by atoms with Crippen LogP contribution < -0.4 is 0 Å². The number of allylic oxidation sites excluding steroid dienone is 2. The van der Waals surface area contributed by atoms with E-state index in [1.165, 1.54) is 25.1 Å². The second-order valence-electron chi connectivity index (χ2n) is 4.64. The van der Waals surface area contributed by atoms with Crippen molar-refractivity contribution in [2.24, 2.45) is 5.92 Å². The number of hydrogen-bond acceptors (Lipinski definition) is 5. The molecular formula is C15H14O5. The van der Waals surface area contributed by atoms with Gasteiger partial charge in [-0.3, -0.25) is 14.4 Å². The molecule has 1 aromatic carbocycles. The summed E-state index contributed by atoms with van der Waals surface area (Å²) >= 11 is 0. The zero-order chi connectivity index (χ0) is 14.7. The molecule has 0 saturated carbocycles. The fourth-order valence-corrected chi connectivity index (χ4v) is 2.01. The number of ketones is 2. The Morgan fingerprint density at radius 3 is 2.50 bits per heavy atom. The number of phenols is 1. The van der Waals surface area contributed by atoms with Crippen LogP contribution in [0.25, 0.3) is 0 Å². The van der Waals surface area contributed by atoms with Gasteiger partial charge in [-0.2, -0.15) is 0 Å². The van der Waals surface area contributed by atoms with E-state index in [1.54, 1.807) is 12.1 Å². The molecule has 1 aliphatic rings. The number of cyclic esters (lactones) is 1. The summed E-state index contributed by atoms with van der Waals surface area (Å²) in [6, 6.07) is 6.42. The van der Waals surface area contributed by atoms with Gasteiger partial charge in [0.1, 0.15) is 11.5 Å². The first-order valence-corrected chi connectivity index (χ1v) is 6.22. The maximum absolute atomic E-state index is 12.0. The summed E-state index contributed by atoms with van der Waals surface area (Å²) in [5.74, 6) is -2.75. The van der Waals surface area contributed by atoms with Crippen molar-refractivity contribution in [3.8, 4) is 5.75 Å². The number of esters is 1. The van der Waals surface area contributed by atoms with Gasteiger partial charge in [-0.1, -0.05) is 12.1 Å². The lowest BCUT2D eigenvalue weighted by Crippen LogP contribution is -2.35. The van der Waals surface area contributed by atoms with Gasteiger partial charge >= 0.3 is 5.97 Å². The van der Waals surface area contributed by atoms with Gasteiger partial charge < -0.3 is 9.84 Å². The number of benzene rings is 1. The summed E-state index contributed by atoms with van der Waals surface area (Å²) < 4.78 is 4.81. The minimum atomic E-state index is -1.34. The fraction of sp³-hybridized carbons (Fsp3) is 0.267. The first-order valence-electron chi connectivity index (χ1n) is 6.22. The van der Waals surface area contributed by atoms with Crippen molar-refractivity contribution in [3.63, 3.8) is 0 Å². The van der Waals surface area contributed by atoms with Gasteiger partial charge in [0.15, 0.2) is 17.5 Å². The largest absolute Gasteiger partial charge is 0.508 e. The highest BCUT2D eigenvalue weighted by Crippen LogP contribution is 2.18. The van der Waals surface area contributed by atoms with Crippen LogP contribution >= 0.6 is 0 Å². The lowest BCUT2D eigenvalue weighted by Gasteiger charge is -2.17. The Kier molecular flexibility index (Phi) is 3.98. The van der Waals surface area contributed by atoms with Crippen molar-refractivity contribution in [2.45, 2.75) is 19.8 Å². The molecular weight excluding hydrogens is 260 g/mol. The summed E-state index contributed by atoms with van der Waals surface area (Å²) in [6.07, 6.45) is 1.65. The highest BCUT2D eigenvalue weighted by molar-refractivity contribution is 6.22. The third-order valence-corrected chi connectivity index (χ3v) is 3.05. The molecule has 2 rings (SSSR count). The molecule has 5 heteroatoms. The zero-order valence-corrected chi connectivity index (χ0v) is 11.0. The van der Waals surface area contributed by atoms with E-state index < -0.39 is 23.5 Å². The SMILES string of the molecule is CC1=CC(=O)C(C(=O)CCc2ccc(O)cc2)C(=O)O1. The van der Waals surface area contributed by atoms with E-state index >= 15 is 0 Å². The lowest BCUT2D eigenvalue weighted by atomic mass is 9.92. The fourth-order valence-electron chi connectivity index (χ4n) is 2.01. The number of hydrogen-bond donors (Lipinski definition) is 1. The van der Waals surface area contributed by atoms with Crippen LogP contribution in [0, 0.1) is 5.92 Å². The molecule has 1 aromatic rings. The Morgan fingerprint density at radius 1 is 1.25 bits per heavy atom. The van der Waals surface area contributed by atoms with Crippen molar-refractivity contribution in [1.82, 2.24) is 0 Å². The molecule has 0 saturated heterocycles. The van der Waals surface area contributed by atoms with Crippen LogP contribution in [0.3, 0.4) is 0 Å². The van der Waals surface area contributed by atoms with Crippen LogP contribution in [0.1, 0.15) is 18.9 Å². The number of aryl methyl sites for hydroxylation is 1. The van der Waals surface area contributed by atoms with Crippen LogP contribution in [0.5, 0.6) is 5.75 Å². The number of carbonyl (C=O) groups is 3. The minimum absolute atomic E-state index is 0.0726. The summed E-state index contributed by atoms with van der Waals surface area (Å²) in [4.78, 5) is 35.2. The average molecular weight is 274 g/mol. The van der Waals surface area contributed by atoms with Crippen molar-refractivity contribution in [3.05, 3.63) is 41.7 Å². The second kappa shape index (κ2) is 5.69. The number of ether oxygens (including phenoxy) is 1. The molecule has 1 heterocycles. The number of rotatable bonds is 4. The van der Waals surface area contributed by atoms with E-state index in [0.29, 0.717) is 6.42 Å². The molecule has 0 fully saturated rings. The standard InChI is InChI=1S/C15H14O5/c1-9-8-13(18)14(15(19)20-9)12(17)7-4-10-2-5-11(16)6-3-10/h2-3,5-6,8,14,16H,4,7H2,1H3. The minimum Gasteiger partial charge on any atom is -0.508 e. The van der Waals surface area contributed by atoms with Crippen molar-refractivity contribution in [1.29, 1.82) is 0 Å². The third-order valence-electron chi connectivity index (χ3n) is 3.05.